The van der Waals surface area contributed by atoms with Crippen LogP contribution in [0.1, 0.15) is 24.1 Å². The number of nitrogens with zero attached hydrogens (tertiary/aromatic N) is 3. The number of aromatic nitrogens is 2. The molecular weight excluding hydrogens is 304 g/mol. The second-order valence-corrected chi connectivity index (χ2v) is 5.15. The molecule has 0 aliphatic heterocycles. The van der Waals surface area contributed by atoms with Gasteiger partial charge in [0.25, 0.3) is 6.43 Å². The molecule has 0 spiro atoms. The van der Waals surface area contributed by atoms with E-state index in [2.05, 4.69) is 25.9 Å². The van der Waals surface area contributed by atoms with Gasteiger partial charge >= 0.3 is 0 Å². The van der Waals surface area contributed by atoms with Crippen molar-refractivity contribution in [1.82, 2.24) is 9.97 Å². The summed E-state index contributed by atoms with van der Waals surface area (Å²) in [5.41, 5.74) is 2.09. The third-order valence-electron chi connectivity index (χ3n) is 3.11. The molecule has 18 heavy (non-hydrogen) atoms. The molecule has 0 unspecified atom stereocenters. The van der Waals surface area contributed by atoms with E-state index in [0.29, 0.717) is 17.7 Å². The molecule has 0 amide bonds. The van der Waals surface area contributed by atoms with Crippen molar-refractivity contribution in [3.8, 4) is 0 Å². The van der Waals surface area contributed by atoms with E-state index in [0.717, 1.165) is 36.9 Å². The topological polar surface area (TPSA) is 29.0 Å². The van der Waals surface area contributed by atoms with Crippen molar-refractivity contribution in [2.45, 2.75) is 32.1 Å². The Morgan fingerprint density at radius 2 is 2.06 bits per heavy atom. The van der Waals surface area contributed by atoms with Crippen LogP contribution in [0, 0.1) is 0 Å². The first-order chi connectivity index (χ1) is 8.72. The van der Waals surface area contributed by atoms with Crippen LogP contribution in [0.15, 0.2) is 6.33 Å². The molecule has 0 bridgehead atoms. The van der Waals surface area contributed by atoms with Crippen LogP contribution >= 0.6 is 15.9 Å². The lowest BCUT2D eigenvalue weighted by molar-refractivity contribution is 0.155. The maximum Gasteiger partial charge on any atom is 0.255 e. The minimum absolute atomic E-state index is 0.269. The number of rotatable bonds is 5. The van der Waals surface area contributed by atoms with Crippen molar-refractivity contribution in [3.63, 3.8) is 0 Å². The van der Waals surface area contributed by atoms with Crippen molar-refractivity contribution >= 4 is 21.7 Å². The van der Waals surface area contributed by atoms with Crippen molar-refractivity contribution in [2.75, 3.05) is 23.3 Å². The number of aryl methyl sites for hydroxylation is 1. The Balaban J connectivity index is 2.28. The third kappa shape index (κ3) is 3.16. The summed E-state index contributed by atoms with van der Waals surface area (Å²) in [6.07, 6.45) is 3.18. The Hall–Kier alpha value is -0.780. The van der Waals surface area contributed by atoms with Crippen molar-refractivity contribution < 1.29 is 8.78 Å². The predicted molar refractivity (Wildman–Crippen MR) is 70.7 cm³/mol. The van der Waals surface area contributed by atoms with Gasteiger partial charge in [0.1, 0.15) is 12.1 Å². The van der Waals surface area contributed by atoms with Crippen molar-refractivity contribution in [2.24, 2.45) is 0 Å². The second kappa shape index (κ2) is 6.41. The second-order valence-electron chi connectivity index (χ2n) is 4.36. The molecule has 0 fully saturated rings. The maximum absolute atomic E-state index is 12.6. The van der Waals surface area contributed by atoms with Crippen LogP contribution in [0.5, 0.6) is 0 Å². The summed E-state index contributed by atoms with van der Waals surface area (Å²) in [6, 6.07) is 0. The lowest BCUT2D eigenvalue weighted by Crippen LogP contribution is -2.33. The number of hydrogen-bond acceptors (Lipinski definition) is 3. The van der Waals surface area contributed by atoms with Gasteiger partial charge in [-0.3, -0.25) is 0 Å². The molecule has 0 saturated heterocycles. The molecule has 2 rings (SSSR count). The zero-order valence-electron chi connectivity index (χ0n) is 10.1. The van der Waals surface area contributed by atoms with E-state index in [1.165, 1.54) is 6.33 Å². The summed E-state index contributed by atoms with van der Waals surface area (Å²) in [5, 5.41) is 0.651. The Morgan fingerprint density at radius 3 is 2.78 bits per heavy atom. The highest BCUT2D eigenvalue weighted by Gasteiger charge is 2.21. The van der Waals surface area contributed by atoms with Gasteiger partial charge in [0.05, 0.1) is 6.54 Å². The number of halogens is 3. The zero-order chi connectivity index (χ0) is 13.0. The summed E-state index contributed by atoms with van der Waals surface area (Å²) in [6.45, 7) is 0.267. The molecule has 0 saturated carbocycles. The van der Waals surface area contributed by atoms with E-state index in [1.807, 2.05) is 0 Å². The number of fused-ring (bicyclic) bond motifs is 1. The molecule has 1 heterocycles. The van der Waals surface area contributed by atoms with Gasteiger partial charge in [-0.05, 0) is 25.7 Å². The Bertz CT molecular complexity index is 401. The van der Waals surface area contributed by atoms with Gasteiger partial charge in [0.2, 0.25) is 0 Å². The number of hydrogen-bond donors (Lipinski definition) is 0. The van der Waals surface area contributed by atoms with Gasteiger partial charge in [-0.2, -0.15) is 0 Å². The van der Waals surface area contributed by atoms with E-state index in [4.69, 9.17) is 0 Å². The number of anilines is 1. The fourth-order valence-corrected chi connectivity index (χ4v) is 2.76. The molecule has 1 aromatic heterocycles. The summed E-state index contributed by atoms with van der Waals surface area (Å²) in [7, 11) is 0. The predicted octanol–water partition coefficient (Wildman–Crippen LogP) is 2.82. The summed E-state index contributed by atoms with van der Waals surface area (Å²) in [4.78, 5) is 10.1. The van der Waals surface area contributed by atoms with E-state index in [-0.39, 0.29) is 6.54 Å². The van der Waals surface area contributed by atoms with Crippen LogP contribution in [0.25, 0.3) is 0 Å². The first-order valence-corrected chi connectivity index (χ1v) is 7.26. The highest BCUT2D eigenvalue weighted by Crippen LogP contribution is 2.27. The molecule has 6 heteroatoms. The largest absolute Gasteiger partial charge is 0.350 e. The summed E-state index contributed by atoms with van der Waals surface area (Å²) < 4.78 is 25.3. The van der Waals surface area contributed by atoms with Crippen LogP contribution in [-0.2, 0) is 12.8 Å². The van der Waals surface area contributed by atoms with E-state index in [9.17, 15) is 8.78 Å². The van der Waals surface area contributed by atoms with E-state index >= 15 is 0 Å². The van der Waals surface area contributed by atoms with E-state index < -0.39 is 6.43 Å². The average molecular weight is 320 g/mol. The number of alkyl halides is 3. The van der Waals surface area contributed by atoms with Gasteiger partial charge in [0, 0.05) is 23.1 Å². The van der Waals surface area contributed by atoms with Gasteiger partial charge < -0.3 is 4.90 Å². The molecule has 1 aromatic rings. The smallest absolute Gasteiger partial charge is 0.255 e. The zero-order valence-corrected chi connectivity index (χ0v) is 11.7. The summed E-state index contributed by atoms with van der Waals surface area (Å²) in [5.74, 6) is 0.694. The molecule has 0 aromatic carbocycles. The Labute approximate surface area is 114 Å². The van der Waals surface area contributed by atoms with Crippen LogP contribution in [-0.4, -0.2) is 34.8 Å². The fraction of sp³-hybridized carbons (Fsp3) is 0.667. The monoisotopic (exact) mass is 319 g/mol. The lowest BCUT2D eigenvalue weighted by atomic mass is 9.96. The van der Waals surface area contributed by atoms with Crippen molar-refractivity contribution in [1.29, 1.82) is 0 Å². The minimum Gasteiger partial charge on any atom is -0.350 e. The van der Waals surface area contributed by atoms with Crippen LogP contribution < -0.4 is 4.90 Å². The Kier molecular flexibility index (Phi) is 4.86. The summed E-state index contributed by atoms with van der Waals surface area (Å²) >= 11 is 3.30. The minimum atomic E-state index is -2.35. The normalized spacial score (nSPS) is 14.7. The first kappa shape index (κ1) is 13.6. The van der Waals surface area contributed by atoms with Crippen molar-refractivity contribution in [3.05, 3.63) is 17.6 Å². The maximum atomic E-state index is 12.6. The molecule has 0 N–H and O–H groups in total. The quantitative estimate of drug-likeness (QED) is 0.781. The lowest BCUT2D eigenvalue weighted by Gasteiger charge is -2.27. The van der Waals surface area contributed by atoms with Gasteiger partial charge in [-0.15, -0.1) is 0 Å². The molecule has 0 atom stereocenters. The van der Waals surface area contributed by atoms with Crippen LogP contribution in [0.3, 0.4) is 0 Å². The highest BCUT2D eigenvalue weighted by atomic mass is 79.9. The fourth-order valence-electron chi connectivity index (χ4n) is 2.33. The average Bonchev–Trinajstić information content (AvgIpc) is 2.37. The Morgan fingerprint density at radius 1 is 1.28 bits per heavy atom. The third-order valence-corrected chi connectivity index (χ3v) is 3.47. The van der Waals surface area contributed by atoms with Crippen LogP contribution in [0.4, 0.5) is 14.6 Å². The first-order valence-electron chi connectivity index (χ1n) is 6.14. The standard InChI is InChI=1S/C12H16BrF2N3/c13-5-6-18(7-11(14)15)12-9-3-1-2-4-10(9)16-8-17-12/h8,11H,1-7H2. The molecule has 1 aliphatic rings. The van der Waals surface area contributed by atoms with Crippen LogP contribution in [0.2, 0.25) is 0 Å². The highest BCUT2D eigenvalue weighted by molar-refractivity contribution is 9.09. The molecule has 100 valence electrons. The van der Waals surface area contributed by atoms with Gasteiger partial charge in [-0.25, -0.2) is 18.7 Å². The molecule has 1 aliphatic carbocycles. The van der Waals surface area contributed by atoms with Gasteiger partial charge in [-0.1, -0.05) is 15.9 Å². The van der Waals surface area contributed by atoms with Gasteiger partial charge in [0.15, 0.2) is 0 Å². The molecule has 0 radical (unpaired) electrons. The van der Waals surface area contributed by atoms with E-state index in [1.54, 1.807) is 4.90 Å². The SMILES string of the molecule is FC(F)CN(CCBr)c1ncnc2c1CCCC2. The molecule has 3 nitrogen and oxygen atoms in total. The molecular formula is C12H16BrF2N3.